The van der Waals surface area contributed by atoms with Crippen molar-refractivity contribution in [3.63, 3.8) is 0 Å². The Labute approximate surface area is 64.8 Å². The summed E-state index contributed by atoms with van der Waals surface area (Å²) in [4.78, 5) is 9.66. The highest BCUT2D eigenvalue weighted by Gasteiger charge is 2.15. The molecule has 0 saturated carbocycles. The molecular formula is C4H6Br2O2. The summed E-state index contributed by atoms with van der Waals surface area (Å²) < 4.78 is 4.07. The van der Waals surface area contributed by atoms with E-state index in [1.807, 2.05) is 0 Å². The van der Waals surface area contributed by atoms with Crippen LogP contribution >= 0.6 is 31.9 Å². The Bertz CT molecular complexity index is 94.7. The van der Waals surface area contributed by atoms with Gasteiger partial charge in [-0.2, -0.15) is 0 Å². The Balaban J connectivity index is 3.55. The Morgan fingerprint density at radius 3 is 2.00 bits per heavy atom. The van der Waals surface area contributed by atoms with Gasteiger partial charge in [0.25, 0.3) is 0 Å². The lowest BCUT2D eigenvalue weighted by Crippen LogP contribution is -2.15. The van der Waals surface area contributed by atoms with Crippen LogP contribution in [0.5, 0.6) is 0 Å². The summed E-state index contributed by atoms with van der Waals surface area (Å²) in [5, 5.41) is 0. The topological polar surface area (TPSA) is 26.3 Å². The van der Waals surface area contributed by atoms with E-state index >= 15 is 0 Å². The van der Waals surface area contributed by atoms with Crippen LogP contribution in [0, 0.1) is 0 Å². The summed E-state index contributed by atoms with van der Waals surface area (Å²) in [5.41, 5.74) is 0. The van der Waals surface area contributed by atoms with Crippen LogP contribution in [0.3, 0.4) is 0 Å². The molecule has 0 radical (unpaired) electrons. The van der Waals surface area contributed by atoms with Crippen LogP contribution in [0.1, 0.15) is 13.8 Å². The number of ether oxygens (including phenoxy) is 1. The molecule has 0 fully saturated rings. The van der Waals surface area contributed by atoms with Crippen molar-refractivity contribution in [1.82, 2.24) is 0 Å². The van der Waals surface area contributed by atoms with Gasteiger partial charge < -0.3 is 4.74 Å². The summed E-state index contributed by atoms with van der Waals surface area (Å²) in [6, 6.07) is 0. The van der Waals surface area contributed by atoms with Crippen molar-refractivity contribution in [1.29, 1.82) is 0 Å². The minimum absolute atomic E-state index is 0.459. The molecule has 0 heterocycles. The van der Waals surface area contributed by atoms with Crippen molar-refractivity contribution in [2.75, 3.05) is 0 Å². The summed E-state index contributed by atoms with van der Waals surface area (Å²) in [5.74, 6) is 0. The predicted molar refractivity (Wildman–Crippen MR) is 38.4 cm³/mol. The van der Waals surface area contributed by atoms with Gasteiger partial charge in [0.05, 0.1) is 0 Å². The minimum Gasteiger partial charge on any atom is -0.440 e. The van der Waals surface area contributed by atoms with Gasteiger partial charge in [-0.25, -0.2) is 4.79 Å². The molecule has 0 aromatic heterocycles. The molecule has 0 aliphatic heterocycles. The van der Waals surface area contributed by atoms with Gasteiger partial charge in [-0.3, -0.25) is 0 Å². The number of alkyl halides is 1. The van der Waals surface area contributed by atoms with Crippen LogP contribution in [0.4, 0.5) is 4.79 Å². The molecule has 0 bridgehead atoms. The van der Waals surface area contributed by atoms with Crippen molar-refractivity contribution in [3.05, 3.63) is 0 Å². The molecule has 48 valence electrons. The summed E-state index contributed by atoms with van der Waals surface area (Å²) in [6.45, 7) is 3.46. The van der Waals surface area contributed by atoms with E-state index in [1.165, 1.54) is 0 Å². The number of hydrogen-bond donors (Lipinski definition) is 0. The number of rotatable bonds is 1. The van der Waals surface area contributed by atoms with E-state index in [0.717, 1.165) is 0 Å². The van der Waals surface area contributed by atoms with Gasteiger partial charge in [-0.05, 0) is 29.8 Å². The van der Waals surface area contributed by atoms with Crippen LogP contribution < -0.4 is 0 Å². The van der Waals surface area contributed by atoms with Gasteiger partial charge in [0.2, 0.25) is 0 Å². The largest absolute Gasteiger partial charge is 0.440 e. The van der Waals surface area contributed by atoms with Crippen molar-refractivity contribution < 1.29 is 9.53 Å². The molecule has 0 N–H and O–H groups in total. The molecule has 0 aliphatic rings. The SMILES string of the molecule is CC(C)(Br)OC(=O)Br. The zero-order valence-corrected chi connectivity index (χ0v) is 7.74. The van der Waals surface area contributed by atoms with E-state index in [2.05, 4.69) is 36.6 Å². The van der Waals surface area contributed by atoms with Gasteiger partial charge in [0, 0.05) is 15.9 Å². The highest BCUT2D eigenvalue weighted by atomic mass is 79.9. The summed E-state index contributed by atoms with van der Waals surface area (Å²) in [6.07, 6.45) is 0. The number of carbonyl (C=O) groups excluding carboxylic acids is 1. The fraction of sp³-hybridized carbons (Fsp3) is 0.750. The molecule has 0 rings (SSSR count). The maximum Gasteiger partial charge on any atom is 0.375 e. The Kier molecular flexibility index (Phi) is 2.98. The molecule has 4 heteroatoms. The second-order valence-electron chi connectivity index (χ2n) is 1.70. The maximum absolute atomic E-state index is 10.1. The number of halogens is 2. The van der Waals surface area contributed by atoms with Crippen LogP contribution in [-0.4, -0.2) is 9.39 Å². The maximum atomic E-state index is 10.1. The molecule has 0 aromatic carbocycles. The molecule has 0 amide bonds. The number of hydrogen-bond acceptors (Lipinski definition) is 2. The van der Waals surface area contributed by atoms with Crippen molar-refractivity contribution >= 4 is 36.7 Å². The molecule has 0 spiro atoms. The first-order valence-corrected chi connectivity index (χ1v) is 3.58. The molecule has 0 unspecified atom stereocenters. The lowest BCUT2D eigenvalue weighted by Gasteiger charge is -2.14. The van der Waals surface area contributed by atoms with Crippen LogP contribution in [-0.2, 0) is 4.74 Å². The summed E-state index contributed by atoms with van der Waals surface area (Å²) in [7, 11) is 0. The molecule has 0 aliphatic carbocycles. The standard InChI is InChI=1S/C4H6Br2O2/c1-4(2,6)8-3(5)7/h1-2H3. The Morgan fingerprint density at radius 2 is 2.00 bits per heavy atom. The van der Waals surface area contributed by atoms with E-state index in [0.29, 0.717) is 0 Å². The third-order valence-corrected chi connectivity index (χ3v) is 0.647. The molecule has 0 atom stereocenters. The highest BCUT2D eigenvalue weighted by molar-refractivity contribution is 9.18. The van der Waals surface area contributed by atoms with E-state index in [1.54, 1.807) is 13.8 Å². The second kappa shape index (κ2) is 2.82. The second-order valence-corrected chi connectivity index (χ2v) is 4.26. The van der Waals surface area contributed by atoms with E-state index in [9.17, 15) is 4.79 Å². The molecule has 0 saturated heterocycles. The Morgan fingerprint density at radius 1 is 1.62 bits per heavy atom. The van der Waals surface area contributed by atoms with E-state index in [-0.39, 0.29) is 0 Å². The molecule has 0 aromatic rings. The monoisotopic (exact) mass is 244 g/mol. The number of carbonyl (C=O) groups is 1. The minimum atomic E-state index is -0.562. The van der Waals surface area contributed by atoms with Gasteiger partial charge >= 0.3 is 4.88 Å². The normalized spacial score (nSPS) is 11.0. The van der Waals surface area contributed by atoms with Crippen LogP contribution in [0.2, 0.25) is 0 Å². The van der Waals surface area contributed by atoms with E-state index < -0.39 is 9.39 Å². The zero-order chi connectivity index (χ0) is 6.78. The van der Waals surface area contributed by atoms with Gasteiger partial charge in [-0.15, -0.1) is 0 Å². The quantitative estimate of drug-likeness (QED) is 0.525. The smallest absolute Gasteiger partial charge is 0.375 e. The lowest BCUT2D eigenvalue weighted by molar-refractivity contribution is 0.129. The molecular weight excluding hydrogens is 240 g/mol. The van der Waals surface area contributed by atoms with Crippen molar-refractivity contribution in [2.45, 2.75) is 18.4 Å². The third kappa shape index (κ3) is 6.43. The third-order valence-electron chi connectivity index (χ3n) is 0.323. The van der Waals surface area contributed by atoms with Gasteiger partial charge in [-0.1, -0.05) is 0 Å². The van der Waals surface area contributed by atoms with Gasteiger partial charge in [0.1, 0.15) is 0 Å². The van der Waals surface area contributed by atoms with Gasteiger partial charge in [0.15, 0.2) is 4.51 Å². The zero-order valence-electron chi connectivity index (χ0n) is 4.57. The van der Waals surface area contributed by atoms with Crippen molar-refractivity contribution in [2.24, 2.45) is 0 Å². The fourth-order valence-corrected chi connectivity index (χ4v) is 0.960. The van der Waals surface area contributed by atoms with Crippen LogP contribution in [0.15, 0.2) is 0 Å². The average molecular weight is 246 g/mol. The van der Waals surface area contributed by atoms with Crippen LogP contribution in [0.25, 0.3) is 0 Å². The predicted octanol–water partition coefficient (Wildman–Crippen LogP) is 2.65. The first kappa shape index (κ1) is 8.43. The van der Waals surface area contributed by atoms with E-state index in [4.69, 9.17) is 0 Å². The Hall–Kier alpha value is 0.430. The summed E-state index contributed by atoms with van der Waals surface area (Å²) >= 11 is 5.73. The molecule has 2 nitrogen and oxygen atoms in total. The average Bonchev–Trinajstić information content (AvgIpc) is 1.21. The van der Waals surface area contributed by atoms with Crippen molar-refractivity contribution in [3.8, 4) is 0 Å². The molecule has 8 heavy (non-hydrogen) atoms. The lowest BCUT2D eigenvalue weighted by atomic mass is 10.5. The first-order valence-electron chi connectivity index (χ1n) is 1.99. The highest BCUT2D eigenvalue weighted by Crippen LogP contribution is 2.18. The first-order chi connectivity index (χ1) is 3.42. The fourth-order valence-electron chi connectivity index (χ4n) is 0.191.